The lowest BCUT2D eigenvalue weighted by molar-refractivity contribution is -0.132. The number of urea groups is 1. The summed E-state index contributed by atoms with van der Waals surface area (Å²) in [5.41, 5.74) is 2.79. The number of nitrogens with zero attached hydrogens (tertiary/aromatic N) is 2. The molecule has 3 rings (SSSR count). The molecule has 3 aromatic rings. The summed E-state index contributed by atoms with van der Waals surface area (Å²) in [7, 11) is 4.74. The fourth-order valence-electron chi connectivity index (χ4n) is 3.97. The van der Waals surface area contributed by atoms with Crippen LogP contribution in [0, 0.1) is 0 Å². The van der Waals surface area contributed by atoms with Crippen LogP contribution >= 0.6 is 0 Å². The van der Waals surface area contributed by atoms with Crippen molar-refractivity contribution in [2.75, 3.05) is 52.9 Å². The van der Waals surface area contributed by atoms with Crippen LogP contribution < -0.4 is 14.8 Å². The average molecular weight is 524 g/mol. The lowest BCUT2D eigenvalue weighted by Gasteiger charge is -2.27. The van der Waals surface area contributed by atoms with E-state index >= 15 is 0 Å². The summed E-state index contributed by atoms with van der Waals surface area (Å²) >= 11 is 0. The van der Waals surface area contributed by atoms with E-state index in [0.29, 0.717) is 42.5 Å². The molecule has 38 heavy (non-hydrogen) atoms. The first kappa shape index (κ1) is 28.6. The van der Waals surface area contributed by atoms with Gasteiger partial charge in [0.15, 0.2) is 11.5 Å². The molecule has 0 fully saturated rings. The third kappa shape index (κ3) is 8.27. The molecule has 2 aromatic carbocycles. The Bertz CT molecular complexity index is 1160. The van der Waals surface area contributed by atoms with Crippen molar-refractivity contribution < 1.29 is 28.2 Å². The number of anilines is 1. The standard InChI is InChI=1S/C29H37N3O6/c1-5-22-8-6-9-24(18-22)30-29(34)32(15-17-35-2)21-28(33)31(20-25-10-7-16-38-25)14-13-23-11-12-26(36-3)27(19-23)37-4/h6-12,16,18-19H,5,13-15,17,20-21H2,1-4H3,(H,30,34). The van der Waals surface area contributed by atoms with Crippen molar-refractivity contribution in [3.05, 3.63) is 77.7 Å². The minimum absolute atomic E-state index is 0.102. The van der Waals surface area contributed by atoms with Crippen LogP contribution in [0.1, 0.15) is 23.8 Å². The molecule has 0 aliphatic carbocycles. The first-order valence-electron chi connectivity index (χ1n) is 12.6. The highest BCUT2D eigenvalue weighted by molar-refractivity contribution is 5.92. The van der Waals surface area contributed by atoms with Crippen molar-refractivity contribution in [3.63, 3.8) is 0 Å². The van der Waals surface area contributed by atoms with E-state index in [0.717, 1.165) is 17.5 Å². The molecule has 9 heteroatoms. The van der Waals surface area contributed by atoms with E-state index in [1.54, 1.807) is 38.6 Å². The van der Waals surface area contributed by atoms with E-state index < -0.39 is 0 Å². The minimum atomic E-state index is -0.360. The number of carbonyl (C=O) groups is 2. The fraction of sp³-hybridized carbons (Fsp3) is 0.379. The third-order valence-electron chi connectivity index (χ3n) is 6.16. The van der Waals surface area contributed by atoms with Gasteiger partial charge in [-0.2, -0.15) is 0 Å². The Labute approximate surface area is 224 Å². The molecule has 0 bridgehead atoms. The topological polar surface area (TPSA) is 93.5 Å². The van der Waals surface area contributed by atoms with Gasteiger partial charge in [-0.05, 0) is 60.4 Å². The predicted octanol–water partition coefficient (Wildman–Crippen LogP) is 4.61. The van der Waals surface area contributed by atoms with Gasteiger partial charge in [-0.1, -0.05) is 25.1 Å². The van der Waals surface area contributed by atoms with Crippen LogP contribution in [-0.2, 0) is 28.9 Å². The van der Waals surface area contributed by atoms with Gasteiger partial charge in [0.2, 0.25) is 5.91 Å². The SMILES string of the molecule is CCc1cccc(NC(=O)N(CCOC)CC(=O)N(CCc2ccc(OC)c(OC)c2)Cc2ccco2)c1. The Morgan fingerprint density at radius 1 is 0.895 bits per heavy atom. The van der Waals surface area contributed by atoms with Crippen LogP contribution in [0.25, 0.3) is 0 Å². The van der Waals surface area contributed by atoms with Gasteiger partial charge in [-0.25, -0.2) is 4.79 Å². The van der Waals surface area contributed by atoms with Gasteiger partial charge in [0.05, 0.1) is 33.6 Å². The number of furan rings is 1. The van der Waals surface area contributed by atoms with Crippen molar-refractivity contribution in [2.24, 2.45) is 0 Å². The Hall–Kier alpha value is -3.98. The molecule has 3 amide bonds. The zero-order chi connectivity index (χ0) is 27.3. The van der Waals surface area contributed by atoms with Gasteiger partial charge in [0.25, 0.3) is 0 Å². The third-order valence-corrected chi connectivity index (χ3v) is 6.16. The number of rotatable bonds is 14. The average Bonchev–Trinajstić information content (AvgIpc) is 3.46. The van der Waals surface area contributed by atoms with Crippen LogP contribution in [0.15, 0.2) is 65.3 Å². The van der Waals surface area contributed by atoms with Crippen LogP contribution in [0.3, 0.4) is 0 Å². The maximum absolute atomic E-state index is 13.5. The van der Waals surface area contributed by atoms with E-state index in [1.807, 2.05) is 48.5 Å². The molecule has 1 N–H and O–H groups in total. The van der Waals surface area contributed by atoms with E-state index in [4.69, 9.17) is 18.6 Å². The molecule has 0 radical (unpaired) electrons. The van der Waals surface area contributed by atoms with Crippen LogP contribution in [0.5, 0.6) is 11.5 Å². The molecule has 0 aliphatic rings. The number of carbonyl (C=O) groups excluding carboxylic acids is 2. The van der Waals surface area contributed by atoms with Gasteiger partial charge in [-0.15, -0.1) is 0 Å². The first-order valence-corrected chi connectivity index (χ1v) is 12.6. The van der Waals surface area contributed by atoms with Gasteiger partial charge in [-0.3, -0.25) is 4.79 Å². The molecule has 0 atom stereocenters. The summed E-state index contributed by atoms with van der Waals surface area (Å²) < 4.78 is 21.4. The zero-order valence-corrected chi connectivity index (χ0v) is 22.6. The molecule has 1 heterocycles. The number of hydrogen-bond acceptors (Lipinski definition) is 6. The first-order chi connectivity index (χ1) is 18.5. The van der Waals surface area contributed by atoms with Gasteiger partial charge >= 0.3 is 6.03 Å². The highest BCUT2D eigenvalue weighted by Gasteiger charge is 2.22. The van der Waals surface area contributed by atoms with Gasteiger partial charge in [0.1, 0.15) is 12.3 Å². The highest BCUT2D eigenvalue weighted by atomic mass is 16.5. The number of methoxy groups -OCH3 is 3. The Morgan fingerprint density at radius 2 is 1.71 bits per heavy atom. The van der Waals surface area contributed by atoms with Crippen molar-refractivity contribution >= 4 is 17.6 Å². The molecule has 0 saturated heterocycles. The van der Waals surface area contributed by atoms with E-state index in [2.05, 4.69) is 12.2 Å². The monoisotopic (exact) mass is 523 g/mol. The lowest BCUT2D eigenvalue weighted by Crippen LogP contribution is -2.46. The van der Waals surface area contributed by atoms with E-state index in [-0.39, 0.29) is 31.6 Å². The summed E-state index contributed by atoms with van der Waals surface area (Å²) in [6.45, 7) is 3.24. The van der Waals surface area contributed by atoms with Crippen molar-refractivity contribution in [3.8, 4) is 11.5 Å². The zero-order valence-electron chi connectivity index (χ0n) is 22.6. The predicted molar refractivity (Wildman–Crippen MR) is 146 cm³/mol. The molecule has 0 unspecified atom stereocenters. The molecule has 1 aromatic heterocycles. The number of hydrogen-bond donors (Lipinski definition) is 1. The molecule has 204 valence electrons. The normalized spacial score (nSPS) is 10.6. The molecule has 0 spiro atoms. The number of nitrogens with one attached hydrogen (secondary N) is 1. The maximum Gasteiger partial charge on any atom is 0.322 e. The van der Waals surface area contributed by atoms with Crippen molar-refractivity contribution in [1.82, 2.24) is 9.80 Å². The number of aryl methyl sites for hydroxylation is 1. The van der Waals surface area contributed by atoms with Gasteiger partial charge < -0.3 is 33.7 Å². The molecular weight excluding hydrogens is 486 g/mol. The summed E-state index contributed by atoms with van der Waals surface area (Å²) in [5.74, 6) is 1.73. The fourth-order valence-corrected chi connectivity index (χ4v) is 3.97. The van der Waals surface area contributed by atoms with E-state index in [1.165, 1.54) is 4.90 Å². The summed E-state index contributed by atoms with van der Waals surface area (Å²) in [6.07, 6.45) is 3.02. The van der Waals surface area contributed by atoms with Crippen molar-refractivity contribution in [2.45, 2.75) is 26.3 Å². The summed E-state index contributed by atoms with van der Waals surface area (Å²) in [5, 5.41) is 2.91. The molecule has 0 saturated carbocycles. The van der Waals surface area contributed by atoms with Crippen LogP contribution in [-0.4, -0.2) is 69.3 Å². The summed E-state index contributed by atoms with van der Waals surface area (Å²) in [4.78, 5) is 29.8. The Morgan fingerprint density at radius 3 is 2.39 bits per heavy atom. The Kier molecular flexibility index (Phi) is 11.0. The number of amides is 3. The number of ether oxygens (including phenoxy) is 3. The molecule has 0 aliphatic heterocycles. The van der Waals surface area contributed by atoms with E-state index in [9.17, 15) is 9.59 Å². The lowest BCUT2D eigenvalue weighted by atomic mass is 10.1. The second-order valence-corrected chi connectivity index (χ2v) is 8.73. The van der Waals surface area contributed by atoms with Gasteiger partial charge in [0, 0.05) is 25.9 Å². The largest absolute Gasteiger partial charge is 0.493 e. The highest BCUT2D eigenvalue weighted by Crippen LogP contribution is 2.27. The van der Waals surface area contributed by atoms with Crippen molar-refractivity contribution in [1.29, 1.82) is 0 Å². The summed E-state index contributed by atoms with van der Waals surface area (Å²) in [6, 6.07) is 16.6. The number of benzene rings is 2. The smallest absolute Gasteiger partial charge is 0.322 e. The molecule has 9 nitrogen and oxygen atoms in total. The quantitative estimate of drug-likeness (QED) is 0.332. The Balaban J connectivity index is 1.73. The second-order valence-electron chi connectivity index (χ2n) is 8.73. The maximum atomic E-state index is 13.5. The second kappa shape index (κ2) is 14.7. The van der Waals surface area contributed by atoms with Crippen LogP contribution in [0.4, 0.5) is 10.5 Å². The molecular formula is C29H37N3O6. The van der Waals surface area contributed by atoms with Crippen LogP contribution in [0.2, 0.25) is 0 Å². The minimum Gasteiger partial charge on any atom is -0.493 e.